The lowest BCUT2D eigenvalue weighted by molar-refractivity contribution is 0.483. The van der Waals surface area contributed by atoms with E-state index >= 15 is 0 Å². The average molecular weight is 175 g/mol. The maximum absolute atomic E-state index is 3.54. The molecule has 2 heteroatoms. The molecule has 0 aromatic carbocycles. The van der Waals surface area contributed by atoms with Crippen molar-refractivity contribution in [2.24, 2.45) is 0 Å². The summed E-state index contributed by atoms with van der Waals surface area (Å²) in [7, 11) is 1.07. The zero-order valence-corrected chi connectivity index (χ0v) is 9.28. The third kappa shape index (κ3) is 4.76. The van der Waals surface area contributed by atoms with E-state index < -0.39 is 0 Å². The van der Waals surface area contributed by atoms with Crippen LogP contribution in [0.25, 0.3) is 0 Å². The van der Waals surface area contributed by atoms with Crippen LogP contribution in [0, 0.1) is 0 Å². The van der Waals surface area contributed by atoms with Crippen molar-refractivity contribution in [1.29, 1.82) is 0 Å². The molecule has 3 unspecified atom stereocenters. The van der Waals surface area contributed by atoms with E-state index in [9.17, 15) is 0 Å². The van der Waals surface area contributed by atoms with Crippen molar-refractivity contribution in [3.8, 4) is 0 Å². The highest BCUT2D eigenvalue weighted by Crippen LogP contribution is 2.19. The van der Waals surface area contributed by atoms with Crippen LogP contribution in [0.2, 0.25) is 0 Å². The molecule has 0 saturated heterocycles. The smallest absolute Gasteiger partial charge is 0.0129 e. The van der Waals surface area contributed by atoms with Crippen LogP contribution in [0.4, 0.5) is 0 Å². The van der Waals surface area contributed by atoms with Crippen LogP contribution >= 0.6 is 8.58 Å². The lowest BCUT2D eigenvalue weighted by atomic mass is 10.1. The molecule has 0 aromatic heterocycles. The molecule has 0 radical (unpaired) electrons. The molecule has 0 aliphatic carbocycles. The van der Waals surface area contributed by atoms with E-state index in [0.29, 0.717) is 0 Å². The van der Waals surface area contributed by atoms with Gasteiger partial charge in [-0.25, -0.2) is 0 Å². The first-order valence-corrected chi connectivity index (χ1v) is 6.24. The van der Waals surface area contributed by atoms with Gasteiger partial charge in [-0.15, -0.1) is 8.58 Å². The van der Waals surface area contributed by atoms with E-state index in [4.69, 9.17) is 0 Å². The fraction of sp³-hybridized carbons (Fsp3) is 1.00. The lowest BCUT2D eigenvalue weighted by Crippen LogP contribution is -2.35. The van der Waals surface area contributed by atoms with Crippen molar-refractivity contribution in [3.63, 3.8) is 0 Å². The first-order chi connectivity index (χ1) is 5.26. The highest BCUT2D eigenvalue weighted by Gasteiger charge is 2.12. The Balaban J connectivity index is 3.66. The van der Waals surface area contributed by atoms with E-state index in [-0.39, 0.29) is 0 Å². The van der Waals surface area contributed by atoms with Crippen LogP contribution in [0.1, 0.15) is 33.6 Å². The molecule has 11 heavy (non-hydrogen) atoms. The SMILES string of the molecule is CCCC(NCC)C(C)PC. The minimum Gasteiger partial charge on any atom is -0.314 e. The van der Waals surface area contributed by atoms with Crippen molar-refractivity contribution in [2.75, 3.05) is 13.2 Å². The second-order valence-electron chi connectivity index (χ2n) is 3.03. The topological polar surface area (TPSA) is 12.0 Å². The lowest BCUT2D eigenvalue weighted by Gasteiger charge is -2.23. The summed E-state index contributed by atoms with van der Waals surface area (Å²) >= 11 is 0. The molecular formula is C9H22NP. The molecule has 0 bridgehead atoms. The summed E-state index contributed by atoms with van der Waals surface area (Å²) in [5.74, 6) is 0. The fourth-order valence-corrected chi connectivity index (χ4v) is 1.99. The van der Waals surface area contributed by atoms with E-state index in [1.165, 1.54) is 12.8 Å². The van der Waals surface area contributed by atoms with Gasteiger partial charge in [-0.05, 0) is 25.3 Å². The molecular weight excluding hydrogens is 153 g/mol. The molecule has 0 fully saturated rings. The average Bonchev–Trinajstić information content (AvgIpc) is 2.03. The Morgan fingerprint density at radius 1 is 1.36 bits per heavy atom. The molecule has 1 nitrogen and oxygen atoms in total. The van der Waals surface area contributed by atoms with E-state index in [0.717, 1.165) is 26.8 Å². The summed E-state index contributed by atoms with van der Waals surface area (Å²) in [6.07, 6.45) is 2.63. The van der Waals surface area contributed by atoms with Gasteiger partial charge in [-0.2, -0.15) is 0 Å². The van der Waals surface area contributed by atoms with Gasteiger partial charge in [0.05, 0.1) is 0 Å². The number of hydrogen-bond donors (Lipinski definition) is 1. The van der Waals surface area contributed by atoms with Crippen LogP contribution < -0.4 is 5.32 Å². The summed E-state index contributed by atoms with van der Waals surface area (Å²) < 4.78 is 0. The Hall–Kier alpha value is 0.390. The predicted molar refractivity (Wildman–Crippen MR) is 56.1 cm³/mol. The molecule has 0 rings (SSSR count). The summed E-state index contributed by atoms with van der Waals surface area (Å²) in [6, 6.07) is 0.758. The van der Waals surface area contributed by atoms with Gasteiger partial charge in [0, 0.05) is 6.04 Å². The minimum atomic E-state index is 0.758. The van der Waals surface area contributed by atoms with Crippen molar-refractivity contribution in [2.45, 2.75) is 45.3 Å². The third-order valence-corrected chi connectivity index (χ3v) is 3.44. The summed E-state index contributed by atoms with van der Waals surface area (Å²) in [5.41, 5.74) is 0.856. The van der Waals surface area contributed by atoms with Crippen LogP contribution in [-0.4, -0.2) is 24.9 Å². The molecule has 68 valence electrons. The van der Waals surface area contributed by atoms with Crippen LogP contribution in [0.3, 0.4) is 0 Å². The fourth-order valence-electron chi connectivity index (χ4n) is 1.30. The van der Waals surface area contributed by atoms with E-state index in [1.54, 1.807) is 0 Å². The van der Waals surface area contributed by atoms with Crippen LogP contribution in [0.15, 0.2) is 0 Å². The summed E-state index contributed by atoms with van der Waals surface area (Å²) in [4.78, 5) is 0. The monoisotopic (exact) mass is 175 g/mol. The van der Waals surface area contributed by atoms with Gasteiger partial charge in [-0.1, -0.05) is 27.2 Å². The van der Waals surface area contributed by atoms with E-state index in [1.807, 2.05) is 0 Å². The quantitative estimate of drug-likeness (QED) is 0.611. The Morgan fingerprint density at radius 2 is 2.00 bits per heavy atom. The second-order valence-corrected chi connectivity index (χ2v) is 4.52. The number of nitrogens with one attached hydrogen (secondary N) is 1. The van der Waals surface area contributed by atoms with Gasteiger partial charge in [0.25, 0.3) is 0 Å². The van der Waals surface area contributed by atoms with Crippen molar-refractivity contribution in [1.82, 2.24) is 5.32 Å². The molecule has 0 saturated carbocycles. The third-order valence-electron chi connectivity index (χ3n) is 2.12. The molecule has 0 aromatic rings. The standard InChI is InChI=1S/C9H22NP/c1-5-7-9(10-6-2)8(3)11-4/h8-11H,5-7H2,1-4H3. The summed E-state index contributed by atoms with van der Waals surface area (Å²) in [6.45, 7) is 10.2. The molecule has 0 spiro atoms. The Bertz CT molecular complexity index is 79.6. The zero-order chi connectivity index (χ0) is 8.69. The van der Waals surface area contributed by atoms with Gasteiger partial charge < -0.3 is 5.32 Å². The number of rotatable bonds is 6. The van der Waals surface area contributed by atoms with Gasteiger partial charge in [-0.3, -0.25) is 0 Å². The van der Waals surface area contributed by atoms with E-state index in [2.05, 4.69) is 32.8 Å². The first-order valence-electron chi connectivity index (χ1n) is 4.66. The number of hydrogen-bond acceptors (Lipinski definition) is 1. The van der Waals surface area contributed by atoms with Crippen LogP contribution in [-0.2, 0) is 0 Å². The molecule has 3 atom stereocenters. The highest BCUT2D eigenvalue weighted by molar-refractivity contribution is 7.37. The second kappa shape index (κ2) is 7.06. The zero-order valence-electron chi connectivity index (χ0n) is 8.28. The van der Waals surface area contributed by atoms with Crippen molar-refractivity contribution in [3.05, 3.63) is 0 Å². The van der Waals surface area contributed by atoms with Crippen molar-refractivity contribution >= 4 is 8.58 Å². The van der Waals surface area contributed by atoms with Crippen molar-refractivity contribution < 1.29 is 0 Å². The molecule has 0 heterocycles. The van der Waals surface area contributed by atoms with Gasteiger partial charge in [0.2, 0.25) is 0 Å². The van der Waals surface area contributed by atoms with Gasteiger partial charge in [0.1, 0.15) is 0 Å². The highest BCUT2D eigenvalue weighted by atomic mass is 31.1. The minimum absolute atomic E-state index is 0.758. The molecule has 0 amide bonds. The first kappa shape index (κ1) is 11.4. The largest absolute Gasteiger partial charge is 0.314 e. The normalized spacial score (nSPS) is 17.5. The Labute approximate surface area is 73.1 Å². The summed E-state index contributed by atoms with van der Waals surface area (Å²) in [5, 5.41) is 3.54. The molecule has 1 N–H and O–H groups in total. The van der Waals surface area contributed by atoms with Crippen LogP contribution in [0.5, 0.6) is 0 Å². The molecule has 0 aliphatic heterocycles. The van der Waals surface area contributed by atoms with Gasteiger partial charge in [0.15, 0.2) is 0 Å². The molecule has 0 aliphatic rings. The van der Waals surface area contributed by atoms with Gasteiger partial charge >= 0.3 is 0 Å². The maximum atomic E-state index is 3.54. The maximum Gasteiger partial charge on any atom is 0.0129 e. The Morgan fingerprint density at radius 3 is 2.36 bits per heavy atom. The predicted octanol–water partition coefficient (Wildman–Crippen LogP) is 2.46. The Kier molecular flexibility index (Phi) is 7.31.